The Hall–Kier alpha value is -3.40. The molecule has 3 rings (SSSR count). The molecule has 0 unspecified atom stereocenters. The van der Waals surface area contributed by atoms with E-state index in [1.807, 2.05) is 24.3 Å². The number of carboxylic acid groups (broad SMARTS) is 2. The summed E-state index contributed by atoms with van der Waals surface area (Å²) in [5.74, 6) is -1.86. The summed E-state index contributed by atoms with van der Waals surface area (Å²) < 4.78 is 0. The maximum absolute atomic E-state index is 12.1. The summed E-state index contributed by atoms with van der Waals surface area (Å²) in [7, 11) is 0. The Morgan fingerprint density at radius 2 is 1.29 bits per heavy atom. The fourth-order valence-electron chi connectivity index (χ4n) is 4.09. The summed E-state index contributed by atoms with van der Waals surface area (Å²) in [5.41, 5.74) is 5.35. The standard InChI is InChI=1S/C27H28O4/c1-4-5-10-18-15-16-19(17(2)3)25(21-12-7-9-14-23(21)27(30)31)24(18)20-11-6-8-13-22(20)26(28)29/h6-9,11-17H,4-5,10H2,1-3H3,(H,28,29)(H,30,31). The number of rotatable bonds is 8. The summed E-state index contributed by atoms with van der Waals surface area (Å²) >= 11 is 0. The Morgan fingerprint density at radius 3 is 1.77 bits per heavy atom. The van der Waals surface area contributed by atoms with Gasteiger partial charge in [0, 0.05) is 0 Å². The molecule has 0 amide bonds. The summed E-state index contributed by atoms with van der Waals surface area (Å²) in [5, 5.41) is 19.8. The van der Waals surface area contributed by atoms with Gasteiger partial charge in [-0.15, -0.1) is 0 Å². The van der Waals surface area contributed by atoms with E-state index in [1.165, 1.54) is 0 Å². The van der Waals surface area contributed by atoms with E-state index < -0.39 is 11.9 Å². The van der Waals surface area contributed by atoms with Crippen LogP contribution in [0.1, 0.15) is 71.4 Å². The van der Waals surface area contributed by atoms with Crippen molar-refractivity contribution in [3.63, 3.8) is 0 Å². The van der Waals surface area contributed by atoms with Crippen LogP contribution in [0.15, 0.2) is 60.7 Å². The molecule has 0 saturated carbocycles. The molecule has 0 aromatic heterocycles. The Labute approximate surface area is 183 Å². The first-order chi connectivity index (χ1) is 14.9. The number of hydrogen-bond acceptors (Lipinski definition) is 2. The van der Waals surface area contributed by atoms with Gasteiger partial charge >= 0.3 is 11.9 Å². The highest BCUT2D eigenvalue weighted by Crippen LogP contribution is 2.43. The molecule has 0 spiro atoms. The number of carbonyl (C=O) groups is 2. The van der Waals surface area contributed by atoms with E-state index in [-0.39, 0.29) is 17.0 Å². The highest BCUT2D eigenvalue weighted by Gasteiger charge is 2.24. The second kappa shape index (κ2) is 9.61. The van der Waals surface area contributed by atoms with Crippen LogP contribution in [-0.2, 0) is 6.42 Å². The highest BCUT2D eigenvalue weighted by molar-refractivity contribution is 6.04. The number of benzene rings is 3. The maximum atomic E-state index is 12.1. The molecule has 2 N–H and O–H groups in total. The van der Waals surface area contributed by atoms with Crippen molar-refractivity contribution in [3.05, 3.63) is 82.9 Å². The van der Waals surface area contributed by atoms with Gasteiger partial charge in [-0.2, -0.15) is 0 Å². The lowest BCUT2D eigenvalue weighted by molar-refractivity contribution is 0.0686. The van der Waals surface area contributed by atoms with Gasteiger partial charge in [-0.1, -0.05) is 75.7 Å². The van der Waals surface area contributed by atoms with Gasteiger partial charge in [0.15, 0.2) is 0 Å². The summed E-state index contributed by atoms with van der Waals surface area (Å²) in [6.45, 7) is 6.26. The molecule has 0 saturated heterocycles. The first-order valence-corrected chi connectivity index (χ1v) is 10.7. The van der Waals surface area contributed by atoms with Gasteiger partial charge in [0.05, 0.1) is 11.1 Å². The number of aryl methyl sites for hydroxylation is 1. The predicted octanol–water partition coefficient (Wildman–Crippen LogP) is 6.88. The molecule has 0 radical (unpaired) electrons. The molecule has 3 aromatic carbocycles. The zero-order valence-corrected chi connectivity index (χ0v) is 18.2. The Kier molecular flexibility index (Phi) is 6.91. The smallest absolute Gasteiger partial charge is 0.336 e. The Morgan fingerprint density at radius 1 is 0.774 bits per heavy atom. The molecule has 0 heterocycles. The zero-order chi connectivity index (χ0) is 22.5. The minimum atomic E-state index is -0.998. The SMILES string of the molecule is CCCCc1ccc(C(C)C)c(-c2ccccc2C(=O)O)c1-c1ccccc1C(=O)O. The summed E-state index contributed by atoms with van der Waals surface area (Å²) in [4.78, 5) is 24.1. The van der Waals surface area contributed by atoms with E-state index in [0.29, 0.717) is 11.1 Å². The second-order valence-electron chi connectivity index (χ2n) is 8.02. The van der Waals surface area contributed by atoms with Crippen molar-refractivity contribution in [2.75, 3.05) is 0 Å². The molecule has 0 aliphatic rings. The van der Waals surface area contributed by atoms with Gasteiger partial charge in [0.1, 0.15) is 0 Å². The van der Waals surface area contributed by atoms with Crippen molar-refractivity contribution in [3.8, 4) is 22.3 Å². The summed E-state index contributed by atoms with van der Waals surface area (Å²) in [6, 6.07) is 18.1. The van der Waals surface area contributed by atoms with Gasteiger partial charge in [0.2, 0.25) is 0 Å². The maximum Gasteiger partial charge on any atom is 0.336 e. The van der Waals surface area contributed by atoms with E-state index in [1.54, 1.807) is 24.3 Å². The van der Waals surface area contributed by atoms with E-state index in [9.17, 15) is 19.8 Å². The fraction of sp³-hybridized carbons (Fsp3) is 0.259. The number of carboxylic acids is 2. The lowest BCUT2D eigenvalue weighted by atomic mass is 9.80. The average molecular weight is 417 g/mol. The van der Waals surface area contributed by atoms with Crippen LogP contribution in [0.5, 0.6) is 0 Å². The Balaban J connectivity index is 2.50. The molecular weight excluding hydrogens is 388 g/mol. The van der Waals surface area contributed by atoms with Gasteiger partial charge in [0.25, 0.3) is 0 Å². The van der Waals surface area contributed by atoms with Crippen LogP contribution in [0.25, 0.3) is 22.3 Å². The number of aromatic carboxylic acids is 2. The molecule has 0 fully saturated rings. The fourth-order valence-corrected chi connectivity index (χ4v) is 4.09. The van der Waals surface area contributed by atoms with Crippen LogP contribution < -0.4 is 0 Å². The predicted molar refractivity (Wildman–Crippen MR) is 124 cm³/mol. The van der Waals surface area contributed by atoms with Crippen molar-refractivity contribution in [2.24, 2.45) is 0 Å². The highest BCUT2D eigenvalue weighted by atomic mass is 16.4. The second-order valence-corrected chi connectivity index (χ2v) is 8.02. The van der Waals surface area contributed by atoms with Gasteiger partial charge < -0.3 is 10.2 Å². The molecule has 160 valence electrons. The van der Waals surface area contributed by atoms with Crippen molar-refractivity contribution < 1.29 is 19.8 Å². The molecule has 3 aromatic rings. The van der Waals surface area contributed by atoms with E-state index >= 15 is 0 Å². The largest absolute Gasteiger partial charge is 0.478 e. The average Bonchev–Trinajstić information content (AvgIpc) is 2.76. The monoisotopic (exact) mass is 416 g/mol. The third-order valence-corrected chi connectivity index (χ3v) is 5.60. The third kappa shape index (κ3) is 4.53. The number of hydrogen-bond donors (Lipinski definition) is 2. The third-order valence-electron chi connectivity index (χ3n) is 5.60. The molecule has 4 nitrogen and oxygen atoms in total. The van der Waals surface area contributed by atoms with Crippen molar-refractivity contribution in [1.29, 1.82) is 0 Å². The Bertz CT molecular complexity index is 1110. The molecular formula is C27H28O4. The first kappa shape index (κ1) is 22.3. The van der Waals surface area contributed by atoms with Crippen LogP contribution in [0, 0.1) is 0 Å². The van der Waals surface area contributed by atoms with Crippen LogP contribution in [0.2, 0.25) is 0 Å². The molecule has 0 atom stereocenters. The molecule has 0 bridgehead atoms. The lowest BCUT2D eigenvalue weighted by Gasteiger charge is -2.23. The van der Waals surface area contributed by atoms with Crippen LogP contribution in [0.4, 0.5) is 0 Å². The van der Waals surface area contributed by atoms with E-state index in [2.05, 4.69) is 32.9 Å². The number of unbranched alkanes of at least 4 members (excludes halogenated alkanes) is 1. The summed E-state index contributed by atoms with van der Waals surface area (Å²) in [6.07, 6.45) is 2.76. The minimum absolute atomic E-state index is 0.132. The normalized spacial score (nSPS) is 11.0. The molecule has 31 heavy (non-hydrogen) atoms. The van der Waals surface area contributed by atoms with Gasteiger partial charge in [-0.25, -0.2) is 9.59 Å². The first-order valence-electron chi connectivity index (χ1n) is 10.7. The molecule has 0 aliphatic heterocycles. The van der Waals surface area contributed by atoms with E-state index in [0.717, 1.165) is 41.5 Å². The van der Waals surface area contributed by atoms with Crippen molar-refractivity contribution in [1.82, 2.24) is 0 Å². The molecule has 0 aliphatic carbocycles. The van der Waals surface area contributed by atoms with Crippen LogP contribution in [0.3, 0.4) is 0 Å². The van der Waals surface area contributed by atoms with Crippen LogP contribution in [-0.4, -0.2) is 22.2 Å². The van der Waals surface area contributed by atoms with E-state index in [4.69, 9.17) is 0 Å². The minimum Gasteiger partial charge on any atom is -0.478 e. The van der Waals surface area contributed by atoms with Gasteiger partial charge in [-0.3, -0.25) is 0 Å². The van der Waals surface area contributed by atoms with Crippen molar-refractivity contribution >= 4 is 11.9 Å². The van der Waals surface area contributed by atoms with Crippen molar-refractivity contribution in [2.45, 2.75) is 46.0 Å². The van der Waals surface area contributed by atoms with Crippen LogP contribution >= 0.6 is 0 Å². The zero-order valence-electron chi connectivity index (χ0n) is 18.2. The molecule has 4 heteroatoms. The topological polar surface area (TPSA) is 74.6 Å². The lowest BCUT2D eigenvalue weighted by Crippen LogP contribution is -2.07. The quantitative estimate of drug-likeness (QED) is 0.419. The van der Waals surface area contributed by atoms with Gasteiger partial charge in [-0.05, 0) is 64.3 Å².